The van der Waals surface area contributed by atoms with E-state index in [9.17, 15) is 9.18 Å². The van der Waals surface area contributed by atoms with Crippen molar-refractivity contribution in [3.63, 3.8) is 0 Å². The Morgan fingerprint density at radius 2 is 1.85 bits per heavy atom. The highest BCUT2D eigenvalue weighted by Gasteiger charge is 2.25. The van der Waals surface area contributed by atoms with Crippen LogP contribution in [0.25, 0.3) is 33.2 Å². The Labute approximate surface area is 155 Å². The van der Waals surface area contributed by atoms with Crippen LogP contribution in [-0.2, 0) is 4.79 Å². The first-order chi connectivity index (χ1) is 13.2. The maximum atomic E-state index is 14.3. The lowest BCUT2D eigenvalue weighted by molar-refractivity contribution is -0.121. The fourth-order valence-corrected chi connectivity index (χ4v) is 4.14. The fourth-order valence-electron chi connectivity index (χ4n) is 4.14. The molecule has 4 heteroatoms. The van der Waals surface area contributed by atoms with Gasteiger partial charge in [0.1, 0.15) is 16.9 Å². The van der Waals surface area contributed by atoms with Crippen molar-refractivity contribution in [3.05, 3.63) is 66.1 Å². The Kier molecular flexibility index (Phi) is 3.78. The lowest BCUT2D eigenvalue weighted by Gasteiger charge is -2.21. The molecule has 0 N–H and O–H groups in total. The van der Waals surface area contributed by atoms with Crippen LogP contribution in [0.1, 0.15) is 37.2 Å². The summed E-state index contributed by atoms with van der Waals surface area (Å²) in [6.45, 7) is 0. The summed E-state index contributed by atoms with van der Waals surface area (Å²) in [5.41, 5.74) is 3.45. The number of para-hydroxylation sites is 2. The minimum absolute atomic E-state index is 0.194. The number of rotatable bonds is 2. The number of carbonyl (C=O) groups excluding carboxylic acids is 1. The largest absolute Gasteiger partial charge is 0.455 e. The highest BCUT2D eigenvalue weighted by atomic mass is 19.1. The van der Waals surface area contributed by atoms with Crippen LogP contribution in [0.4, 0.5) is 4.39 Å². The normalized spacial score (nSPS) is 17.7. The first-order valence-electron chi connectivity index (χ1n) is 9.31. The van der Waals surface area contributed by atoms with E-state index in [1.165, 1.54) is 6.07 Å². The Balaban J connectivity index is 1.70. The zero-order valence-corrected chi connectivity index (χ0v) is 14.7. The monoisotopic (exact) mass is 359 g/mol. The molecule has 1 unspecified atom stereocenters. The predicted molar refractivity (Wildman–Crippen MR) is 103 cm³/mol. The quantitative estimate of drug-likeness (QED) is 0.411. The second-order valence-corrected chi connectivity index (χ2v) is 7.15. The lowest BCUT2D eigenvalue weighted by atomic mass is 9.83. The summed E-state index contributed by atoms with van der Waals surface area (Å²) in [5, 5.41) is 2.00. The summed E-state index contributed by atoms with van der Waals surface area (Å²) >= 11 is 0. The molecule has 0 amide bonds. The van der Waals surface area contributed by atoms with E-state index in [-0.39, 0.29) is 11.7 Å². The van der Waals surface area contributed by atoms with Crippen molar-refractivity contribution in [3.8, 4) is 11.3 Å². The van der Waals surface area contributed by atoms with Crippen molar-refractivity contribution in [2.75, 3.05) is 0 Å². The van der Waals surface area contributed by atoms with Crippen molar-refractivity contribution in [1.29, 1.82) is 0 Å². The molecule has 0 aliphatic heterocycles. The van der Waals surface area contributed by atoms with E-state index >= 15 is 0 Å². The van der Waals surface area contributed by atoms with Crippen LogP contribution in [0.5, 0.6) is 0 Å². The Morgan fingerprint density at radius 1 is 1.00 bits per heavy atom. The van der Waals surface area contributed by atoms with Gasteiger partial charge in [-0.3, -0.25) is 4.79 Å². The molecule has 1 saturated carbocycles. The number of fused-ring (bicyclic) bond motifs is 3. The fraction of sp³-hybridized carbons (Fsp3) is 0.217. The van der Waals surface area contributed by atoms with Crippen LogP contribution in [0.3, 0.4) is 0 Å². The number of aromatic nitrogens is 1. The van der Waals surface area contributed by atoms with Gasteiger partial charge in [0.2, 0.25) is 5.95 Å². The molecule has 1 aliphatic rings. The molecular weight excluding hydrogens is 341 g/mol. The SMILES string of the molecule is O=C1CCCCC1c1cc(F)nc(-c2cccc3c2oc2ccccc23)c1. The van der Waals surface area contributed by atoms with Gasteiger partial charge >= 0.3 is 0 Å². The molecule has 1 aliphatic carbocycles. The van der Waals surface area contributed by atoms with Gasteiger partial charge in [-0.25, -0.2) is 4.98 Å². The zero-order chi connectivity index (χ0) is 18.4. The standard InChI is InChI=1S/C23H18FNO2/c24-22-13-14(15-6-1-3-10-20(15)26)12-19(25-22)18-9-5-8-17-16-7-2-4-11-21(16)27-23(17)18/h2,4-5,7-9,11-13,15H,1,3,6,10H2. The van der Waals surface area contributed by atoms with Crippen molar-refractivity contribution < 1.29 is 13.6 Å². The summed E-state index contributed by atoms with van der Waals surface area (Å²) in [6, 6.07) is 16.9. The number of ketones is 1. The van der Waals surface area contributed by atoms with Gasteiger partial charge < -0.3 is 4.42 Å². The minimum atomic E-state index is -0.561. The van der Waals surface area contributed by atoms with Crippen LogP contribution >= 0.6 is 0 Å². The summed E-state index contributed by atoms with van der Waals surface area (Å²) in [7, 11) is 0. The lowest BCUT2D eigenvalue weighted by Crippen LogP contribution is -2.17. The number of hydrogen-bond donors (Lipinski definition) is 0. The third-order valence-electron chi connectivity index (χ3n) is 5.45. The van der Waals surface area contributed by atoms with E-state index in [0.29, 0.717) is 17.7 Å². The van der Waals surface area contributed by atoms with Gasteiger partial charge in [-0.1, -0.05) is 36.8 Å². The minimum Gasteiger partial charge on any atom is -0.455 e. The molecule has 2 aromatic heterocycles. The first kappa shape index (κ1) is 16.2. The molecule has 4 aromatic rings. The van der Waals surface area contributed by atoms with Gasteiger partial charge in [0.05, 0.1) is 5.69 Å². The summed E-state index contributed by atoms with van der Waals surface area (Å²) in [6.07, 6.45) is 3.27. The Bertz CT molecular complexity index is 1180. The molecule has 0 radical (unpaired) electrons. The molecule has 2 heterocycles. The maximum Gasteiger partial charge on any atom is 0.213 e. The number of carbonyl (C=O) groups is 1. The van der Waals surface area contributed by atoms with Gasteiger partial charge in [0.15, 0.2) is 0 Å². The molecule has 1 fully saturated rings. The molecule has 2 aromatic carbocycles. The summed E-state index contributed by atoms with van der Waals surface area (Å²) in [5.74, 6) is -0.599. The van der Waals surface area contributed by atoms with E-state index in [1.807, 2.05) is 48.5 Å². The first-order valence-corrected chi connectivity index (χ1v) is 9.31. The third-order valence-corrected chi connectivity index (χ3v) is 5.45. The molecule has 0 bridgehead atoms. The van der Waals surface area contributed by atoms with E-state index < -0.39 is 5.95 Å². The van der Waals surface area contributed by atoms with Crippen molar-refractivity contribution in [2.24, 2.45) is 0 Å². The van der Waals surface area contributed by atoms with Gasteiger partial charge in [-0.2, -0.15) is 4.39 Å². The predicted octanol–water partition coefficient (Wildman–Crippen LogP) is 6.01. The van der Waals surface area contributed by atoms with Crippen molar-refractivity contribution in [2.45, 2.75) is 31.6 Å². The average Bonchev–Trinajstić information content (AvgIpc) is 3.06. The molecule has 134 valence electrons. The van der Waals surface area contributed by atoms with Gasteiger partial charge in [0, 0.05) is 28.7 Å². The van der Waals surface area contributed by atoms with E-state index in [2.05, 4.69) is 4.98 Å². The summed E-state index contributed by atoms with van der Waals surface area (Å²) < 4.78 is 20.4. The van der Waals surface area contributed by atoms with Crippen molar-refractivity contribution in [1.82, 2.24) is 4.98 Å². The molecule has 0 saturated heterocycles. The van der Waals surface area contributed by atoms with Crippen LogP contribution in [0.15, 0.2) is 59.0 Å². The van der Waals surface area contributed by atoms with E-state index in [4.69, 9.17) is 4.42 Å². The molecule has 5 rings (SSSR count). The number of furan rings is 1. The van der Waals surface area contributed by atoms with Crippen LogP contribution in [0.2, 0.25) is 0 Å². The number of nitrogens with zero attached hydrogens (tertiary/aromatic N) is 1. The smallest absolute Gasteiger partial charge is 0.213 e. The highest BCUT2D eigenvalue weighted by Crippen LogP contribution is 2.37. The van der Waals surface area contributed by atoms with Crippen molar-refractivity contribution >= 4 is 27.7 Å². The zero-order valence-electron chi connectivity index (χ0n) is 14.7. The van der Waals surface area contributed by atoms with Crippen LogP contribution in [0, 0.1) is 5.95 Å². The second kappa shape index (κ2) is 6.31. The number of hydrogen-bond acceptors (Lipinski definition) is 3. The average molecular weight is 359 g/mol. The highest BCUT2D eigenvalue weighted by molar-refractivity contribution is 6.09. The Morgan fingerprint density at radius 3 is 2.74 bits per heavy atom. The van der Waals surface area contributed by atoms with E-state index in [0.717, 1.165) is 46.7 Å². The molecule has 27 heavy (non-hydrogen) atoms. The molecule has 3 nitrogen and oxygen atoms in total. The van der Waals surface area contributed by atoms with Crippen LogP contribution < -0.4 is 0 Å². The summed E-state index contributed by atoms with van der Waals surface area (Å²) in [4.78, 5) is 16.4. The van der Waals surface area contributed by atoms with Gasteiger partial charge in [-0.15, -0.1) is 0 Å². The molecule has 1 atom stereocenters. The maximum absolute atomic E-state index is 14.3. The number of halogens is 1. The van der Waals surface area contributed by atoms with Gasteiger partial charge in [0.25, 0.3) is 0 Å². The molecular formula is C23H18FNO2. The third kappa shape index (κ3) is 2.72. The topological polar surface area (TPSA) is 43.1 Å². The number of benzene rings is 2. The van der Waals surface area contributed by atoms with E-state index in [1.54, 1.807) is 0 Å². The van der Waals surface area contributed by atoms with Gasteiger partial charge in [-0.05, 0) is 42.7 Å². The second-order valence-electron chi connectivity index (χ2n) is 7.15. The molecule has 0 spiro atoms. The number of Topliss-reactive ketones (excluding diaryl/α,β-unsaturated/α-hetero) is 1. The Hall–Kier alpha value is -3.01. The van der Waals surface area contributed by atoms with Crippen LogP contribution in [-0.4, -0.2) is 10.8 Å². The number of pyridine rings is 1.